The zero-order valence-electron chi connectivity index (χ0n) is 17.8. The van der Waals surface area contributed by atoms with E-state index in [4.69, 9.17) is 18.7 Å². The molecule has 9 nitrogen and oxygen atoms in total. The number of rotatable bonds is 10. The number of nitrogens with zero attached hydrogens (tertiary/aromatic N) is 1. The molecule has 29 heavy (non-hydrogen) atoms. The zero-order valence-corrected chi connectivity index (χ0v) is 18.6. The van der Waals surface area contributed by atoms with E-state index in [0.29, 0.717) is 51.6 Å². The van der Waals surface area contributed by atoms with Gasteiger partial charge in [-0.2, -0.15) is 0 Å². The van der Waals surface area contributed by atoms with Gasteiger partial charge in [0.05, 0.1) is 30.8 Å². The first kappa shape index (κ1) is 23.8. The molecule has 1 fully saturated rings. The highest BCUT2D eigenvalue weighted by Gasteiger charge is 2.47. The fraction of sp³-hybridized carbons (Fsp3) is 0.789. The van der Waals surface area contributed by atoms with Crippen LogP contribution in [0.4, 0.5) is 5.88 Å². The number of amides is 1. The lowest BCUT2D eigenvalue weighted by Gasteiger charge is -2.30. The van der Waals surface area contributed by atoms with E-state index in [2.05, 4.69) is 10.5 Å². The number of carbonyl (C=O) groups excluding carboxylic acids is 1. The maximum atomic E-state index is 13.0. The van der Waals surface area contributed by atoms with Gasteiger partial charge >= 0.3 is 0 Å². The molecule has 0 unspecified atom stereocenters. The van der Waals surface area contributed by atoms with Crippen LogP contribution in [0.3, 0.4) is 0 Å². The smallest absolute Gasteiger partial charge is 0.247 e. The molecule has 0 spiro atoms. The monoisotopic (exact) mass is 432 g/mol. The van der Waals surface area contributed by atoms with Crippen LogP contribution >= 0.6 is 0 Å². The number of aromatic nitrogens is 1. The number of methoxy groups -OCH3 is 1. The number of carbonyl (C=O) groups is 1. The molecule has 10 heteroatoms. The Morgan fingerprint density at radius 3 is 2.52 bits per heavy atom. The Labute approximate surface area is 172 Å². The maximum absolute atomic E-state index is 13.0. The van der Waals surface area contributed by atoms with Crippen LogP contribution in [0.5, 0.6) is 0 Å². The predicted octanol–water partition coefficient (Wildman–Crippen LogP) is 1.93. The third kappa shape index (κ3) is 5.56. The van der Waals surface area contributed by atoms with E-state index in [0.717, 1.165) is 0 Å². The van der Waals surface area contributed by atoms with E-state index >= 15 is 0 Å². The molecule has 0 radical (unpaired) electrons. The van der Waals surface area contributed by atoms with Crippen LogP contribution in [0.25, 0.3) is 0 Å². The lowest BCUT2D eigenvalue weighted by Crippen LogP contribution is -2.50. The SMILES string of the molecule is COCCOCC(C)(C)c1cc(NC(=O)C(C)(C)S(=O)(=O)C2CCOCC2)on1. The van der Waals surface area contributed by atoms with Crippen LogP contribution in [0.15, 0.2) is 10.6 Å². The first-order chi connectivity index (χ1) is 13.5. The van der Waals surface area contributed by atoms with Crippen molar-refractivity contribution in [3.63, 3.8) is 0 Å². The second-order valence-electron chi connectivity index (χ2n) is 8.33. The van der Waals surface area contributed by atoms with Crippen LogP contribution in [-0.2, 0) is 34.3 Å². The minimum absolute atomic E-state index is 0.102. The van der Waals surface area contributed by atoms with Crippen molar-refractivity contribution in [2.24, 2.45) is 0 Å². The average molecular weight is 433 g/mol. The molecule has 1 N–H and O–H groups in total. The molecule has 2 rings (SSSR count). The van der Waals surface area contributed by atoms with Gasteiger partial charge in [0.1, 0.15) is 4.75 Å². The molecule has 0 aromatic carbocycles. The Morgan fingerprint density at radius 2 is 1.90 bits per heavy atom. The molecule has 0 bridgehead atoms. The molecule has 166 valence electrons. The van der Waals surface area contributed by atoms with Gasteiger partial charge in [-0.05, 0) is 26.7 Å². The van der Waals surface area contributed by atoms with E-state index in [1.807, 2.05) is 13.8 Å². The van der Waals surface area contributed by atoms with E-state index in [-0.39, 0.29) is 5.88 Å². The second-order valence-corrected chi connectivity index (χ2v) is 11.1. The van der Waals surface area contributed by atoms with Crippen molar-refractivity contribution in [1.29, 1.82) is 0 Å². The predicted molar refractivity (Wildman–Crippen MR) is 108 cm³/mol. The lowest BCUT2D eigenvalue weighted by molar-refractivity contribution is -0.118. The summed E-state index contributed by atoms with van der Waals surface area (Å²) in [4.78, 5) is 12.8. The fourth-order valence-electron chi connectivity index (χ4n) is 2.99. The topological polar surface area (TPSA) is 117 Å². The van der Waals surface area contributed by atoms with Gasteiger partial charge in [-0.25, -0.2) is 8.42 Å². The van der Waals surface area contributed by atoms with Crippen molar-refractivity contribution in [3.8, 4) is 0 Å². The van der Waals surface area contributed by atoms with Gasteiger partial charge in [0.2, 0.25) is 11.8 Å². The summed E-state index contributed by atoms with van der Waals surface area (Å²) in [7, 11) is -2.10. The van der Waals surface area contributed by atoms with Crippen LogP contribution in [0, 0.1) is 0 Å². The molecule has 1 aliphatic heterocycles. The van der Waals surface area contributed by atoms with Gasteiger partial charge in [0.15, 0.2) is 9.84 Å². The van der Waals surface area contributed by atoms with E-state index in [1.165, 1.54) is 13.8 Å². The molecule has 1 aliphatic rings. The molecular weight excluding hydrogens is 400 g/mol. The summed E-state index contributed by atoms with van der Waals surface area (Å²) in [6.45, 7) is 8.80. The normalized spacial score (nSPS) is 16.7. The molecule has 1 aromatic rings. The molecular formula is C19H32N2O7S. The van der Waals surface area contributed by atoms with Crippen LogP contribution in [0.2, 0.25) is 0 Å². The Kier molecular flexibility index (Phi) is 7.83. The number of sulfone groups is 1. The highest BCUT2D eigenvalue weighted by Crippen LogP contribution is 2.30. The molecule has 0 saturated carbocycles. The maximum Gasteiger partial charge on any atom is 0.247 e. The largest absolute Gasteiger partial charge is 0.382 e. The van der Waals surface area contributed by atoms with Crippen LogP contribution in [0.1, 0.15) is 46.2 Å². The number of hydrogen-bond donors (Lipinski definition) is 1. The Hall–Kier alpha value is -1.49. The molecule has 1 amide bonds. The zero-order chi connectivity index (χ0) is 21.7. The summed E-state index contributed by atoms with van der Waals surface area (Å²) in [5.74, 6) is -0.550. The van der Waals surface area contributed by atoms with Gasteiger partial charge < -0.3 is 18.7 Å². The van der Waals surface area contributed by atoms with Crippen molar-refractivity contribution >= 4 is 21.6 Å². The van der Waals surface area contributed by atoms with Gasteiger partial charge in [-0.15, -0.1) is 0 Å². The summed E-state index contributed by atoms with van der Waals surface area (Å²) in [5, 5.41) is 5.97. The third-order valence-corrected chi connectivity index (χ3v) is 8.16. The first-order valence-electron chi connectivity index (χ1n) is 9.69. The average Bonchev–Trinajstić information content (AvgIpc) is 3.15. The Balaban J connectivity index is 2.05. The number of anilines is 1. The summed E-state index contributed by atoms with van der Waals surface area (Å²) >= 11 is 0. The van der Waals surface area contributed by atoms with Gasteiger partial charge in [-0.3, -0.25) is 10.1 Å². The number of ether oxygens (including phenoxy) is 3. The van der Waals surface area contributed by atoms with Gasteiger partial charge in [0.25, 0.3) is 0 Å². The quantitative estimate of drug-likeness (QED) is 0.557. The number of hydrogen-bond acceptors (Lipinski definition) is 8. The molecule has 2 heterocycles. The molecule has 0 aliphatic carbocycles. The van der Waals surface area contributed by atoms with Gasteiger partial charge in [-0.1, -0.05) is 19.0 Å². The third-order valence-electron chi connectivity index (χ3n) is 5.20. The lowest BCUT2D eigenvalue weighted by atomic mass is 9.90. The minimum atomic E-state index is -3.71. The molecule has 1 aromatic heterocycles. The van der Waals surface area contributed by atoms with Crippen LogP contribution < -0.4 is 5.32 Å². The fourth-order valence-corrected chi connectivity index (χ4v) is 4.95. The second kappa shape index (κ2) is 9.55. The molecule has 1 saturated heterocycles. The standard InChI is InChI=1S/C19H32N2O7S/c1-18(2,13-27-11-10-25-5)15-12-16(28-21-15)20-17(22)19(3,4)29(23,24)14-6-8-26-9-7-14/h12,14H,6-11,13H2,1-5H3,(H,20,22). The summed E-state index contributed by atoms with van der Waals surface area (Å²) in [6, 6.07) is 1.59. The summed E-state index contributed by atoms with van der Waals surface area (Å²) in [5.41, 5.74) is 0.138. The Morgan fingerprint density at radius 1 is 1.24 bits per heavy atom. The first-order valence-corrected chi connectivity index (χ1v) is 11.2. The summed E-state index contributed by atoms with van der Waals surface area (Å²) in [6.07, 6.45) is 0.783. The number of nitrogens with one attached hydrogen (secondary N) is 1. The van der Waals surface area contributed by atoms with Crippen molar-refractivity contribution in [3.05, 3.63) is 11.8 Å². The minimum Gasteiger partial charge on any atom is -0.382 e. The van der Waals surface area contributed by atoms with Crippen molar-refractivity contribution in [1.82, 2.24) is 5.16 Å². The van der Waals surface area contributed by atoms with Gasteiger partial charge in [0, 0.05) is 31.8 Å². The highest BCUT2D eigenvalue weighted by molar-refractivity contribution is 7.94. The molecule has 0 atom stereocenters. The van der Waals surface area contributed by atoms with E-state index in [1.54, 1.807) is 13.2 Å². The Bertz CT molecular complexity index is 780. The van der Waals surface area contributed by atoms with E-state index in [9.17, 15) is 13.2 Å². The van der Waals surface area contributed by atoms with Crippen LogP contribution in [-0.4, -0.2) is 69.6 Å². The van der Waals surface area contributed by atoms with Crippen molar-refractivity contribution in [2.75, 3.05) is 45.5 Å². The van der Waals surface area contributed by atoms with Crippen molar-refractivity contribution in [2.45, 2.75) is 55.9 Å². The van der Waals surface area contributed by atoms with Crippen molar-refractivity contribution < 1.29 is 31.9 Å². The summed E-state index contributed by atoms with van der Waals surface area (Å²) < 4.78 is 45.3. The van der Waals surface area contributed by atoms with E-state index < -0.39 is 31.2 Å². The highest BCUT2D eigenvalue weighted by atomic mass is 32.2.